The molecule has 18 heteroatoms. The highest BCUT2D eigenvalue weighted by Gasteiger charge is 2.52. The fourth-order valence-electron chi connectivity index (χ4n) is 9.47. The lowest BCUT2D eigenvalue weighted by Crippen LogP contribution is -2.66. The first kappa shape index (κ1) is 43.8. The molecule has 5 atom stereocenters. The summed E-state index contributed by atoms with van der Waals surface area (Å²) < 4.78 is 81.5. The number of thiophene rings is 1. The molecule has 6 heterocycles. The molecule has 4 aliphatic heterocycles. The van der Waals surface area contributed by atoms with Crippen molar-refractivity contribution >= 4 is 72.2 Å². The second-order valence-electron chi connectivity index (χ2n) is 18.8. The summed E-state index contributed by atoms with van der Waals surface area (Å²) in [5.41, 5.74) is -1.77. The zero-order valence-corrected chi connectivity index (χ0v) is 38.0. The molecular formula is C43H51ClF3N7O5S2. The summed E-state index contributed by atoms with van der Waals surface area (Å²) in [4.78, 5) is 26.5. The largest absolute Gasteiger partial charge is 0.597 e. The zero-order chi connectivity index (χ0) is 43.9. The van der Waals surface area contributed by atoms with Crippen LogP contribution >= 0.6 is 22.9 Å². The van der Waals surface area contributed by atoms with E-state index in [1.54, 1.807) is 20.8 Å². The number of ether oxygens (including phenoxy) is 3. The summed E-state index contributed by atoms with van der Waals surface area (Å²) in [5, 5.41) is 13.1. The van der Waals surface area contributed by atoms with Gasteiger partial charge in [0, 0.05) is 47.7 Å². The molecule has 0 bridgehead atoms. The highest BCUT2D eigenvalue weighted by atomic mass is 35.5. The first-order valence-electron chi connectivity index (χ1n) is 20.7. The van der Waals surface area contributed by atoms with Crippen molar-refractivity contribution in [2.24, 2.45) is 11.8 Å². The number of anilines is 2. The zero-order valence-electron chi connectivity index (χ0n) is 35.6. The third-order valence-electron chi connectivity index (χ3n) is 12.0. The van der Waals surface area contributed by atoms with Crippen LogP contribution in [0.5, 0.6) is 11.8 Å². The molecule has 0 aliphatic carbocycles. The van der Waals surface area contributed by atoms with Crippen molar-refractivity contribution in [3.05, 3.63) is 34.4 Å². The van der Waals surface area contributed by atoms with Gasteiger partial charge in [0.25, 0.3) is 0 Å². The number of aromatic nitrogens is 2. The topological polar surface area (TPSA) is 139 Å². The van der Waals surface area contributed by atoms with Gasteiger partial charge in [-0.25, -0.2) is 18.0 Å². The van der Waals surface area contributed by atoms with E-state index in [2.05, 4.69) is 39.4 Å². The van der Waals surface area contributed by atoms with Crippen LogP contribution in [0.15, 0.2) is 12.1 Å². The molecule has 1 unspecified atom stereocenters. The van der Waals surface area contributed by atoms with Crippen molar-refractivity contribution < 1.29 is 36.7 Å². The van der Waals surface area contributed by atoms with E-state index < -0.39 is 51.1 Å². The predicted molar refractivity (Wildman–Crippen MR) is 233 cm³/mol. The number of rotatable bonds is 9. The molecule has 1 amide bonds. The van der Waals surface area contributed by atoms with Crippen molar-refractivity contribution in [3.63, 3.8) is 0 Å². The molecule has 0 saturated carbocycles. The van der Waals surface area contributed by atoms with Crippen LogP contribution in [-0.2, 0) is 16.1 Å². The first-order chi connectivity index (χ1) is 28.7. The Bertz CT molecular complexity index is 2440. The molecule has 2 aromatic heterocycles. The lowest BCUT2D eigenvalue weighted by molar-refractivity contribution is 0.0636. The van der Waals surface area contributed by atoms with E-state index in [9.17, 15) is 19.0 Å². The van der Waals surface area contributed by atoms with E-state index in [4.69, 9.17) is 30.8 Å². The summed E-state index contributed by atoms with van der Waals surface area (Å²) in [6, 6.07) is 4.45. The monoisotopic (exact) mass is 901 g/mol. The molecule has 328 valence electrons. The number of nitriles is 1. The van der Waals surface area contributed by atoms with Gasteiger partial charge in [-0.05, 0) is 78.5 Å². The van der Waals surface area contributed by atoms with Crippen LogP contribution in [0.2, 0.25) is 5.02 Å². The van der Waals surface area contributed by atoms with Crippen LogP contribution in [0.3, 0.4) is 0 Å². The molecule has 4 aromatic rings. The van der Waals surface area contributed by atoms with Gasteiger partial charge in [-0.15, -0.1) is 15.6 Å². The van der Waals surface area contributed by atoms with Crippen LogP contribution < -0.4 is 19.7 Å². The van der Waals surface area contributed by atoms with E-state index in [0.29, 0.717) is 38.4 Å². The summed E-state index contributed by atoms with van der Waals surface area (Å²) in [5.74, 6) is -0.865. The van der Waals surface area contributed by atoms with Gasteiger partial charge in [0.05, 0.1) is 45.3 Å². The van der Waals surface area contributed by atoms with E-state index in [0.717, 1.165) is 36.8 Å². The highest BCUT2D eigenvalue weighted by molar-refractivity contribution is 7.90. The third-order valence-corrected chi connectivity index (χ3v) is 15.3. The van der Waals surface area contributed by atoms with Crippen molar-refractivity contribution in [2.45, 2.75) is 103 Å². The minimum atomic E-state index is -1.23. The summed E-state index contributed by atoms with van der Waals surface area (Å²) in [6.45, 7) is 17.9. The molecule has 12 nitrogen and oxygen atoms in total. The number of hydrogen-bond acceptors (Lipinski definition) is 12. The molecule has 2 aromatic carbocycles. The maximum Gasteiger partial charge on any atom is 0.412 e. The number of carbonyl (C=O) groups excluding carboxylic acids is 1. The first-order valence-corrected chi connectivity index (χ1v) is 23.0. The number of amides is 1. The second-order valence-corrected chi connectivity index (χ2v) is 22.4. The minimum absolute atomic E-state index is 0.00145. The Morgan fingerprint density at radius 2 is 1.93 bits per heavy atom. The quantitative estimate of drug-likeness (QED) is 0.161. The Labute approximate surface area is 366 Å². The second kappa shape index (κ2) is 16.1. The molecular weight excluding hydrogens is 851 g/mol. The molecule has 3 fully saturated rings. The number of nitrogens with zero attached hydrogens (tertiary/aromatic N) is 6. The Balaban J connectivity index is 1.26. The third kappa shape index (κ3) is 7.94. The van der Waals surface area contributed by atoms with Crippen LogP contribution in [0.4, 0.5) is 28.8 Å². The molecule has 0 radical (unpaired) electrons. The van der Waals surface area contributed by atoms with Gasteiger partial charge in [-0.2, -0.15) is 15.2 Å². The Morgan fingerprint density at radius 3 is 2.62 bits per heavy atom. The maximum absolute atomic E-state index is 17.7. The minimum Gasteiger partial charge on any atom is -0.597 e. The summed E-state index contributed by atoms with van der Waals surface area (Å²) in [7, 11) is 0. The highest BCUT2D eigenvalue weighted by Crippen LogP contribution is 2.52. The number of nitrogens with one attached hydrogen (secondary N) is 1. The lowest BCUT2D eigenvalue weighted by atomic mass is 9.83. The smallest absolute Gasteiger partial charge is 0.412 e. The van der Waals surface area contributed by atoms with Gasteiger partial charge in [-0.1, -0.05) is 31.5 Å². The van der Waals surface area contributed by atoms with Crippen molar-refractivity contribution in [1.82, 2.24) is 19.2 Å². The van der Waals surface area contributed by atoms with Gasteiger partial charge < -0.3 is 23.7 Å². The number of halogens is 4. The Kier molecular flexibility index (Phi) is 11.6. The fourth-order valence-corrected chi connectivity index (χ4v) is 12.5. The maximum atomic E-state index is 17.7. The number of hydrogen-bond donors (Lipinski definition) is 1. The molecule has 3 saturated heterocycles. The van der Waals surface area contributed by atoms with Crippen LogP contribution in [0, 0.1) is 34.8 Å². The van der Waals surface area contributed by atoms with E-state index >= 15 is 8.78 Å². The molecule has 8 rings (SSSR count). The van der Waals surface area contributed by atoms with Crippen LogP contribution in [0.1, 0.15) is 80.2 Å². The van der Waals surface area contributed by atoms with Crippen molar-refractivity contribution in [3.8, 4) is 29.0 Å². The molecule has 1 N–H and O–H groups in total. The summed E-state index contributed by atoms with van der Waals surface area (Å²) in [6.07, 6.45) is 0.108. The number of fused-ring (bicyclic) bond motifs is 2. The number of benzene rings is 2. The SMILES string of the molecule is CC(C)[C@@H]1[C@H](CN2CCOc3c(Cl)c(-c4ccc(F)c5sc(NC(=O)OC(C)(C)C)c(C#N)c45)c(F)c4nc(OC[C@@]56CCCN5C[C@H](F)C6)nc2c34)CN1[S+]([O-])C(C)(C)C. The number of alkyl halides is 1. The molecule has 61 heavy (non-hydrogen) atoms. The van der Waals surface area contributed by atoms with Gasteiger partial charge in [-0.3, -0.25) is 10.2 Å². The predicted octanol–water partition coefficient (Wildman–Crippen LogP) is 9.23. The average molecular weight is 903 g/mol. The van der Waals surface area contributed by atoms with Gasteiger partial charge in [0.15, 0.2) is 11.6 Å². The normalized spacial score (nSPS) is 23.8. The van der Waals surface area contributed by atoms with Crippen LogP contribution in [0.25, 0.3) is 32.1 Å². The average Bonchev–Trinajstić information content (AvgIpc) is 3.77. The van der Waals surface area contributed by atoms with E-state index in [1.165, 1.54) is 6.07 Å². The van der Waals surface area contributed by atoms with Gasteiger partial charge in [0.1, 0.15) is 58.0 Å². The van der Waals surface area contributed by atoms with Gasteiger partial charge in [0.2, 0.25) is 0 Å². The summed E-state index contributed by atoms with van der Waals surface area (Å²) >= 11 is 6.80. The standard InChI is InChI=1S/C43H51ClF3N7O5S2/c1-22(2)34-23(19-54(34)61(56)42(6,7)8)18-52-14-15-57-35-30-33(49-39(50-37(30)52)58-21-43-12-9-13-53(43)20-24(45)16-43)32(47)29(31(35)44)25-10-11-27(46)36-28(25)26(17-48)38(60-36)51-40(55)59-41(3,4)5/h10-11,22-24,34H,9,12-16,18-21H2,1-8H3,(H,51,55)/t23-,24-,34-,43+,61?/m1/s1. The Morgan fingerprint density at radius 1 is 1.18 bits per heavy atom. The lowest BCUT2D eigenvalue weighted by Gasteiger charge is -2.51. The fraction of sp³-hybridized carbons (Fsp3) is 0.581. The number of carbonyl (C=O) groups is 1. The van der Waals surface area contributed by atoms with Gasteiger partial charge >= 0.3 is 12.1 Å². The Hall–Kier alpha value is -3.79. The van der Waals surface area contributed by atoms with Crippen molar-refractivity contribution in [1.29, 1.82) is 5.26 Å². The molecule has 0 spiro atoms. The van der Waals surface area contributed by atoms with E-state index in [-0.39, 0.29) is 90.6 Å². The van der Waals surface area contributed by atoms with Crippen LogP contribution in [-0.4, -0.2) is 104 Å². The van der Waals surface area contributed by atoms with Crippen molar-refractivity contribution in [2.75, 3.05) is 56.2 Å². The van der Waals surface area contributed by atoms with E-state index in [1.807, 2.05) is 25.7 Å². The molecule has 4 aliphatic rings.